The van der Waals surface area contributed by atoms with Crippen LogP contribution >= 0.6 is 0 Å². The number of nitrogens with zero attached hydrogens (tertiary/aromatic N) is 1. The van der Waals surface area contributed by atoms with Crippen LogP contribution in [0.3, 0.4) is 0 Å². The third kappa shape index (κ3) is 3.99. The summed E-state index contributed by atoms with van der Waals surface area (Å²) in [6, 6.07) is 2.09. The lowest BCUT2D eigenvalue weighted by atomic mass is 9.53. The van der Waals surface area contributed by atoms with Crippen molar-refractivity contribution in [3.05, 3.63) is 34.9 Å². The lowest BCUT2D eigenvalue weighted by molar-refractivity contribution is -0.155. The zero-order chi connectivity index (χ0) is 26.0. The van der Waals surface area contributed by atoms with Crippen LogP contribution in [0, 0.1) is 5.92 Å². The normalized spacial score (nSPS) is 29.7. The fourth-order valence-corrected chi connectivity index (χ4v) is 6.74. The molecule has 36 heavy (non-hydrogen) atoms. The zero-order valence-electron chi connectivity index (χ0n) is 21.9. The van der Waals surface area contributed by atoms with Crippen molar-refractivity contribution in [1.82, 2.24) is 4.90 Å². The van der Waals surface area contributed by atoms with Gasteiger partial charge in [-0.25, -0.2) is 0 Å². The molecule has 5 rings (SSSR count). The number of hydrogen-bond acceptors (Lipinski definition) is 8. The van der Waals surface area contributed by atoms with Crippen molar-refractivity contribution < 1.29 is 33.3 Å². The highest BCUT2D eigenvalue weighted by molar-refractivity contribution is 5.74. The molecule has 0 aromatic heterocycles. The summed E-state index contributed by atoms with van der Waals surface area (Å²) in [5.41, 5.74) is 2.22. The molecule has 2 bridgehead atoms. The number of carbonyl (C=O) groups is 3. The molecule has 8 nitrogen and oxygen atoms in total. The lowest BCUT2D eigenvalue weighted by Crippen LogP contribution is -2.65. The number of likely N-dealkylation sites (N-methyl/N-ethyl adjacent to an activating group) is 1. The van der Waals surface area contributed by atoms with Crippen LogP contribution in [-0.4, -0.2) is 60.3 Å². The van der Waals surface area contributed by atoms with E-state index in [-0.39, 0.29) is 30.3 Å². The van der Waals surface area contributed by atoms with E-state index in [1.165, 1.54) is 13.8 Å². The predicted molar refractivity (Wildman–Crippen MR) is 131 cm³/mol. The molecule has 0 N–H and O–H groups in total. The molecule has 8 heteroatoms. The van der Waals surface area contributed by atoms with Crippen molar-refractivity contribution in [2.75, 3.05) is 13.6 Å². The number of likely N-dealkylation sites (tertiary alicyclic amines) is 1. The number of piperidine rings is 1. The molecule has 1 spiro atoms. The Morgan fingerprint density at radius 3 is 2.58 bits per heavy atom. The molecule has 0 radical (unpaired) electrons. The summed E-state index contributed by atoms with van der Waals surface area (Å²) in [5.74, 6) is 0.0366. The van der Waals surface area contributed by atoms with Crippen molar-refractivity contribution in [1.29, 1.82) is 0 Å². The minimum Gasteiger partial charge on any atom is -0.481 e. The monoisotopic (exact) mass is 497 g/mol. The van der Waals surface area contributed by atoms with Crippen molar-refractivity contribution in [3.8, 4) is 11.5 Å². The fraction of sp³-hybridized carbons (Fsp3) is 0.607. The molecule has 1 unspecified atom stereocenters. The maximum Gasteiger partial charge on any atom is 0.308 e. The van der Waals surface area contributed by atoms with Gasteiger partial charge in [-0.2, -0.15) is 0 Å². The molecular formula is C28H35NO7. The Kier molecular flexibility index (Phi) is 5.93. The molecular weight excluding hydrogens is 462 g/mol. The van der Waals surface area contributed by atoms with Gasteiger partial charge < -0.3 is 23.8 Å². The van der Waals surface area contributed by atoms with Gasteiger partial charge in [-0.1, -0.05) is 6.08 Å². The second-order valence-electron chi connectivity index (χ2n) is 11.5. The Balaban J connectivity index is 1.63. The smallest absolute Gasteiger partial charge is 0.308 e. The third-order valence-electron chi connectivity index (χ3n) is 7.91. The number of hydrogen-bond donors (Lipinski definition) is 0. The average Bonchev–Trinajstić information content (AvgIpc) is 3.10. The van der Waals surface area contributed by atoms with E-state index in [9.17, 15) is 14.4 Å². The summed E-state index contributed by atoms with van der Waals surface area (Å²) in [6.07, 6.45) is 5.52. The van der Waals surface area contributed by atoms with Gasteiger partial charge in [-0.15, -0.1) is 0 Å². The van der Waals surface area contributed by atoms with Crippen molar-refractivity contribution in [3.63, 3.8) is 0 Å². The SMILES string of the molecule is CC(=O)Oc1cc(CCC(=O)OC(C)(C)C)c2c3c1O[C@H]1[C@@H](OC(C)=O)C=CC4[C@@H](C2)N(C)CC[C@@]341. The Hall–Kier alpha value is -2.87. The summed E-state index contributed by atoms with van der Waals surface area (Å²) in [6.45, 7) is 9.21. The Morgan fingerprint density at radius 2 is 1.92 bits per heavy atom. The molecule has 0 saturated carbocycles. The average molecular weight is 498 g/mol. The molecule has 1 aromatic carbocycles. The van der Waals surface area contributed by atoms with Gasteiger partial charge in [0.2, 0.25) is 0 Å². The first-order valence-corrected chi connectivity index (χ1v) is 12.7. The molecule has 2 heterocycles. The first-order chi connectivity index (χ1) is 16.9. The fourth-order valence-electron chi connectivity index (χ4n) is 6.74. The molecule has 1 fully saturated rings. The number of esters is 3. The molecule has 1 saturated heterocycles. The number of rotatable bonds is 5. The van der Waals surface area contributed by atoms with Crippen molar-refractivity contribution >= 4 is 17.9 Å². The highest BCUT2D eigenvalue weighted by atomic mass is 16.6. The van der Waals surface area contributed by atoms with Gasteiger partial charge in [0.1, 0.15) is 11.7 Å². The van der Waals surface area contributed by atoms with Crippen molar-refractivity contribution in [2.45, 2.75) is 89.6 Å². The highest BCUT2D eigenvalue weighted by Crippen LogP contribution is 2.63. The van der Waals surface area contributed by atoms with Crippen LogP contribution in [0.5, 0.6) is 11.5 Å². The van der Waals surface area contributed by atoms with Crippen LogP contribution in [-0.2, 0) is 42.1 Å². The van der Waals surface area contributed by atoms with E-state index in [4.69, 9.17) is 18.9 Å². The Bertz CT molecular complexity index is 1150. The number of ether oxygens (including phenoxy) is 4. The van der Waals surface area contributed by atoms with Gasteiger partial charge >= 0.3 is 17.9 Å². The second-order valence-corrected chi connectivity index (χ2v) is 11.5. The summed E-state index contributed by atoms with van der Waals surface area (Å²) >= 11 is 0. The maximum absolute atomic E-state index is 12.6. The van der Waals surface area contributed by atoms with Crippen LogP contribution < -0.4 is 9.47 Å². The van der Waals surface area contributed by atoms with Gasteiger partial charge in [0, 0.05) is 43.2 Å². The third-order valence-corrected chi connectivity index (χ3v) is 7.91. The Morgan fingerprint density at radius 1 is 1.17 bits per heavy atom. The molecule has 2 aliphatic carbocycles. The standard InChI is InChI=1S/C28H35NO7/c1-15(30)33-21-9-8-19-20-14-18-17(7-10-23(32)36-27(3,4)5)13-22(34-16(2)31)25-24(18)28(19,26(21)35-25)11-12-29(20)6/h8-9,13,19-21,26H,7,10-12,14H2,1-6H3/t19?,20-,21+,26+,28+/m1/s1. The number of carbonyl (C=O) groups excluding carboxylic acids is 3. The first kappa shape index (κ1) is 24.8. The summed E-state index contributed by atoms with van der Waals surface area (Å²) in [5, 5.41) is 0. The van der Waals surface area contributed by atoms with E-state index in [0.717, 1.165) is 36.1 Å². The molecule has 1 aromatic rings. The molecule has 4 aliphatic rings. The minimum atomic E-state index is -0.556. The predicted octanol–water partition coefficient (Wildman–Crippen LogP) is 3.26. The van der Waals surface area contributed by atoms with E-state index in [1.54, 1.807) is 0 Å². The van der Waals surface area contributed by atoms with Crippen LogP contribution in [0.15, 0.2) is 18.2 Å². The minimum absolute atomic E-state index is 0.174. The Labute approximate surface area is 211 Å². The first-order valence-electron chi connectivity index (χ1n) is 12.7. The van der Waals surface area contributed by atoms with Crippen molar-refractivity contribution in [2.24, 2.45) is 5.92 Å². The van der Waals surface area contributed by atoms with Gasteiger partial charge in [-0.3, -0.25) is 14.4 Å². The van der Waals surface area contributed by atoms with Gasteiger partial charge in [0.15, 0.2) is 17.6 Å². The van der Waals surface area contributed by atoms with Crippen LogP contribution in [0.2, 0.25) is 0 Å². The zero-order valence-corrected chi connectivity index (χ0v) is 21.9. The number of aryl methyl sites for hydroxylation is 1. The van der Waals surface area contributed by atoms with E-state index in [2.05, 4.69) is 18.0 Å². The van der Waals surface area contributed by atoms with E-state index < -0.39 is 29.2 Å². The maximum atomic E-state index is 12.6. The quantitative estimate of drug-likeness (QED) is 0.348. The molecule has 2 aliphatic heterocycles. The largest absolute Gasteiger partial charge is 0.481 e. The van der Waals surface area contributed by atoms with E-state index in [1.807, 2.05) is 32.9 Å². The number of benzene rings is 1. The topological polar surface area (TPSA) is 91.4 Å². The van der Waals surface area contributed by atoms with Gasteiger partial charge in [0.05, 0.1) is 0 Å². The highest BCUT2D eigenvalue weighted by Gasteiger charge is 2.65. The second kappa shape index (κ2) is 8.61. The van der Waals surface area contributed by atoms with E-state index in [0.29, 0.717) is 17.9 Å². The summed E-state index contributed by atoms with van der Waals surface area (Å²) < 4.78 is 23.5. The molecule has 194 valence electrons. The lowest BCUT2D eigenvalue weighted by Gasteiger charge is -2.56. The molecule has 0 amide bonds. The molecule has 5 atom stereocenters. The van der Waals surface area contributed by atoms with Gasteiger partial charge in [-0.05, 0) is 76.9 Å². The summed E-state index contributed by atoms with van der Waals surface area (Å²) in [7, 11) is 2.15. The van der Waals surface area contributed by atoms with Crippen LogP contribution in [0.25, 0.3) is 0 Å². The van der Waals surface area contributed by atoms with Crippen LogP contribution in [0.4, 0.5) is 0 Å². The van der Waals surface area contributed by atoms with E-state index >= 15 is 0 Å². The van der Waals surface area contributed by atoms with Crippen LogP contribution in [0.1, 0.15) is 64.2 Å². The summed E-state index contributed by atoms with van der Waals surface area (Å²) in [4.78, 5) is 38.9. The van der Waals surface area contributed by atoms with Gasteiger partial charge in [0.25, 0.3) is 0 Å².